The number of likely N-dealkylation sites (tertiary alicyclic amines) is 1. The predicted octanol–water partition coefficient (Wildman–Crippen LogP) is 2.02. The van der Waals surface area contributed by atoms with Gasteiger partial charge in [-0.1, -0.05) is 6.42 Å². The fourth-order valence-electron chi connectivity index (χ4n) is 4.42. The Morgan fingerprint density at radius 3 is 2.67 bits per heavy atom. The van der Waals surface area contributed by atoms with Crippen molar-refractivity contribution in [3.63, 3.8) is 0 Å². The number of amides is 3. The molecular weight excluding hydrogens is 304 g/mol. The minimum Gasteiger partial charge on any atom is -0.326 e. The third-order valence-electron chi connectivity index (χ3n) is 5.71. The van der Waals surface area contributed by atoms with Crippen molar-refractivity contribution in [3.8, 4) is 0 Å². The highest BCUT2D eigenvalue weighted by Gasteiger charge is 2.39. The monoisotopic (exact) mass is 328 g/mol. The van der Waals surface area contributed by atoms with Crippen LogP contribution in [0.2, 0.25) is 0 Å². The second-order valence-corrected chi connectivity index (χ2v) is 7.20. The summed E-state index contributed by atoms with van der Waals surface area (Å²) in [7, 11) is 0. The van der Waals surface area contributed by atoms with Gasteiger partial charge in [0.15, 0.2) is 0 Å². The molecule has 1 saturated carbocycles. The van der Waals surface area contributed by atoms with E-state index >= 15 is 0 Å². The molecule has 1 aromatic rings. The topological polar surface area (TPSA) is 65.5 Å². The highest BCUT2D eigenvalue weighted by Crippen LogP contribution is 2.37. The maximum Gasteiger partial charge on any atom is 0.318 e. The summed E-state index contributed by atoms with van der Waals surface area (Å²) >= 11 is 0. The minimum atomic E-state index is -0.424. The van der Waals surface area contributed by atoms with Crippen LogP contribution < -0.4 is 10.2 Å². The van der Waals surface area contributed by atoms with E-state index in [1.165, 1.54) is 19.3 Å². The van der Waals surface area contributed by atoms with Crippen molar-refractivity contribution in [1.82, 2.24) is 15.2 Å². The van der Waals surface area contributed by atoms with Gasteiger partial charge in [-0.3, -0.25) is 9.78 Å². The number of urea groups is 1. The van der Waals surface area contributed by atoms with Crippen molar-refractivity contribution < 1.29 is 9.59 Å². The quantitative estimate of drug-likeness (QED) is 0.903. The van der Waals surface area contributed by atoms with E-state index in [-0.39, 0.29) is 11.9 Å². The predicted molar refractivity (Wildman–Crippen MR) is 90.5 cm³/mol. The summed E-state index contributed by atoms with van der Waals surface area (Å²) in [6.45, 7) is 2.39. The van der Waals surface area contributed by atoms with Crippen LogP contribution in [0.4, 0.5) is 10.5 Å². The third-order valence-corrected chi connectivity index (χ3v) is 5.71. The van der Waals surface area contributed by atoms with Crippen molar-refractivity contribution in [3.05, 3.63) is 24.5 Å². The SMILES string of the molecule is O=C(N[C@H]1CCCN(c2cccnc2)C1=O)N1C[C@H]2CCC[C@H]2C1. The van der Waals surface area contributed by atoms with E-state index in [4.69, 9.17) is 0 Å². The maximum absolute atomic E-state index is 12.7. The molecule has 0 radical (unpaired) electrons. The largest absolute Gasteiger partial charge is 0.326 e. The molecule has 4 rings (SSSR count). The summed E-state index contributed by atoms with van der Waals surface area (Å²) in [4.78, 5) is 33.0. The number of fused-ring (bicyclic) bond motifs is 1. The van der Waals surface area contributed by atoms with Crippen LogP contribution in [-0.4, -0.2) is 47.5 Å². The Kier molecular flexibility index (Phi) is 4.12. The molecule has 0 unspecified atom stereocenters. The van der Waals surface area contributed by atoms with E-state index in [0.29, 0.717) is 24.8 Å². The summed E-state index contributed by atoms with van der Waals surface area (Å²) < 4.78 is 0. The van der Waals surface area contributed by atoms with E-state index in [2.05, 4.69) is 10.3 Å². The summed E-state index contributed by atoms with van der Waals surface area (Å²) in [6.07, 6.45) is 8.77. The standard InChI is InChI=1S/C18H24N4O2/c23-17-16(7-3-9-22(17)15-6-2-8-19-10-15)20-18(24)21-11-13-4-1-5-14(13)12-21/h2,6,8,10,13-14,16H,1,3-5,7,9,11-12H2,(H,20,24)/t13-,14+,16-/m0/s1. The first-order chi connectivity index (χ1) is 11.7. The molecule has 128 valence electrons. The van der Waals surface area contributed by atoms with Crippen molar-refractivity contribution in [1.29, 1.82) is 0 Å². The summed E-state index contributed by atoms with van der Waals surface area (Å²) in [5, 5.41) is 2.97. The molecule has 1 aromatic heterocycles. The van der Waals surface area contributed by atoms with E-state index in [1.807, 2.05) is 17.0 Å². The number of nitrogens with zero attached hydrogens (tertiary/aromatic N) is 3. The highest BCUT2D eigenvalue weighted by molar-refractivity contribution is 5.99. The van der Waals surface area contributed by atoms with Gasteiger partial charge in [-0.05, 0) is 49.7 Å². The van der Waals surface area contributed by atoms with Crippen LogP contribution in [0.5, 0.6) is 0 Å². The van der Waals surface area contributed by atoms with Gasteiger partial charge in [0, 0.05) is 25.8 Å². The lowest BCUT2D eigenvalue weighted by Crippen LogP contribution is -2.55. The summed E-state index contributed by atoms with van der Waals surface area (Å²) in [6, 6.07) is 3.22. The Balaban J connectivity index is 1.39. The molecule has 3 heterocycles. The molecule has 6 nitrogen and oxygen atoms in total. The molecule has 3 amide bonds. The molecule has 2 aliphatic heterocycles. The molecular formula is C18H24N4O2. The number of hydrogen-bond donors (Lipinski definition) is 1. The average molecular weight is 328 g/mol. The number of hydrogen-bond acceptors (Lipinski definition) is 3. The molecule has 0 aromatic carbocycles. The van der Waals surface area contributed by atoms with Gasteiger partial charge in [0.1, 0.15) is 6.04 Å². The zero-order valence-corrected chi connectivity index (χ0v) is 13.9. The van der Waals surface area contributed by atoms with E-state index in [0.717, 1.165) is 25.2 Å². The molecule has 2 saturated heterocycles. The summed E-state index contributed by atoms with van der Waals surface area (Å²) in [5.41, 5.74) is 0.803. The van der Waals surface area contributed by atoms with Gasteiger partial charge < -0.3 is 15.1 Å². The fourth-order valence-corrected chi connectivity index (χ4v) is 4.42. The Morgan fingerprint density at radius 1 is 1.17 bits per heavy atom. The number of nitrogens with one attached hydrogen (secondary N) is 1. The van der Waals surface area contributed by atoms with Crippen LogP contribution in [0, 0.1) is 11.8 Å². The van der Waals surface area contributed by atoms with Gasteiger partial charge in [0.25, 0.3) is 0 Å². The molecule has 24 heavy (non-hydrogen) atoms. The molecule has 3 aliphatic rings. The van der Waals surface area contributed by atoms with Crippen LogP contribution in [0.25, 0.3) is 0 Å². The molecule has 0 spiro atoms. The number of rotatable bonds is 2. The lowest BCUT2D eigenvalue weighted by molar-refractivity contribution is -0.121. The van der Waals surface area contributed by atoms with E-state index < -0.39 is 6.04 Å². The number of pyridine rings is 1. The zero-order valence-electron chi connectivity index (χ0n) is 13.9. The molecule has 1 aliphatic carbocycles. The second-order valence-electron chi connectivity index (χ2n) is 7.20. The van der Waals surface area contributed by atoms with Gasteiger partial charge >= 0.3 is 6.03 Å². The van der Waals surface area contributed by atoms with Crippen LogP contribution in [0.1, 0.15) is 32.1 Å². The van der Waals surface area contributed by atoms with Gasteiger partial charge in [0.2, 0.25) is 5.91 Å². The van der Waals surface area contributed by atoms with Crippen molar-refractivity contribution >= 4 is 17.6 Å². The van der Waals surface area contributed by atoms with Crippen LogP contribution in [0.15, 0.2) is 24.5 Å². The first kappa shape index (κ1) is 15.4. The Labute approximate surface area is 142 Å². The Morgan fingerprint density at radius 2 is 1.96 bits per heavy atom. The Bertz CT molecular complexity index is 609. The highest BCUT2D eigenvalue weighted by atomic mass is 16.2. The first-order valence-corrected chi connectivity index (χ1v) is 8.99. The number of carbonyl (C=O) groups excluding carboxylic acids is 2. The second kappa shape index (κ2) is 6.42. The number of aromatic nitrogens is 1. The molecule has 3 atom stereocenters. The fraction of sp³-hybridized carbons (Fsp3) is 0.611. The van der Waals surface area contributed by atoms with Crippen molar-refractivity contribution in [2.24, 2.45) is 11.8 Å². The molecule has 0 bridgehead atoms. The first-order valence-electron chi connectivity index (χ1n) is 8.99. The molecule has 6 heteroatoms. The lowest BCUT2D eigenvalue weighted by atomic mass is 10.0. The molecule has 1 N–H and O–H groups in total. The van der Waals surface area contributed by atoms with Crippen molar-refractivity contribution in [2.45, 2.75) is 38.1 Å². The smallest absolute Gasteiger partial charge is 0.318 e. The van der Waals surface area contributed by atoms with Gasteiger partial charge in [0.05, 0.1) is 11.9 Å². The van der Waals surface area contributed by atoms with Gasteiger partial charge in [-0.15, -0.1) is 0 Å². The number of anilines is 1. The number of piperidine rings is 1. The number of carbonyl (C=O) groups is 2. The lowest BCUT2D eigenvalue weighted by Gasteiger charge is -2.33. The van der Waals surface area contributed by atoms with E-state index in [9.17, 15) is 9.59 Å². The van der Waals surface area contributed by atoms with Gasteiger partial charge in [-0.25, -0.2) is 4.79 Å². The van der Waals surface area contributed by atoms with Crippen LogP contribution in [-0.2, 0) is 4.79 Å². The Hall–Kier alpha value is -2.11. The van der Waals surface area contributed by atoms with E-state index in [1.54, 1.807) is 17.3 Å². The van der Waals surface area contributed by atoms with Gasteiger partial charge in [-0.2, -0.15) is 0 Å². The van der Waals surface area contributed by atoms with Crippen LogP contribution >= 0.6 is 0 Å². The third kappa shape index (κ3) is 2.85. The molecule has 3 fully saturated rings. The average Bonchev–Trinajstić information content (AvgIpc) is 3.19. The maximum atomic E-state index is 12.7. The normalized spacial score (nSPS) is 29.7. The van der Waals surface area contributed by atoms with Crippen LogP contribution in [0.3, 0.4) is 0 Å². The van der Waals surface area contributed by atoms with Crippen molar-refractivity contribution in [2.75, 3.05) is 24.5 Å². The minimum absolute atomic E-state index is 0.0259. The summed E-state index contributed by atoms with van der Waals surface area (Å²) in [5.74, 6) is 1.32. The zero-order chi connectivity index (χ0) is 16.5.